The van der Waals surface area contributed by atoms with Crippen LogP contribution < -0.4 is 10.6 Å². The van der Waals surface area contributed by atoms with Crippen LogP contribution in [0.5, 0.6) is 0 Å². The van der Waals surface area contributed by atoms with Crippen LogP contribution in [0.3, 0.4) is 0 Å². The number of nitrogens with one attached hydrogen (secondary N) is 3. The van der Waals surface area contributed by atoms with Crippen LogP contribution in [0.2, 0.25) is 0 Å². The van der Waals surface area contributed by atoms with Crippen molar-refractivity contribution < 1.29 is 8.91 Å². The summed E-state index contributed by atoms with van der Waals surface area (Å²) in [6.45, 7) is 2.47. The lowest BCUT2D eigenvalue weighted by molar-refractivity contribution is 0.424. The lowest BCUT2D eigenvalue weighted by Gasteiger charge is -2.11. The van der Waals surface area contributed by atoms with Crippen LogP contribution in [0.1, 0.15) is 29.7 Å². The van der Waals surface area contributed by atoms with Gasteiger partial charge in [-0.1, -0.05) is 84.9 Å². The largest absolute Gasteiger partial charge is 0.352 e. The molecule has 0 aliphatic carbocycles. The van der Waals surface area contributed by atoms with Crippen molar-refractivity contribution in [1.82, 2.24) is 10.5 Å². The molecule has 156 valence electrons. The van der Waals surface area contributed by atoms with Crippen LogP contribution in [-0.2, 0) is 6.54 Å². The lowest BCUT2D eigenvalue weighted by atomic mass is 9.95. The molecule has 0 fully saturated rings. The Morgan fingerprint density at radius 2 is 1.71 bits per heavy atom. The van der Waals surface area contributed by atoms with E-state index < -0.39 is 0 Å². The fraction of sp³-hybridized carbons (Fsp3) is 0.120. The predicted octanol–water partition coefficient (Wildman–Crippen LogP) is 5.77. The van der Waals surface area contributed by atoms with E-state index in [9.17, 15) is 4.39 Å². The zero-order valence-electron chi connectivity index (χ0n) is 17.1. The van der Waals surface area contributed by atoms with E-state index in [1.807, 2.05) is 73.7 Å². The number of guanidine groups is 1. The van der Waals surface area contributed by atoms with Crippen molar-refractivity contribution in [2.45, 2.75) is 19.4 Å². The van der Waals surface area contributed by atoms with Gasteiger partial charge >= 0.3 is 0 Å². The van der Waals surface area contributed by atoms with Gasteiger partial charge in [0.1, 0.15) is 5.82 Å². The van der Waals surface area contributed by atoms with Crippen molar-refractivity contribution in [2.24, 2.45) is 0 Å². The summed E-state index contributed by atoms with van der Waals surface area (Å²) in [7, 11) is 0. The van der Waals surface area contributed by atoms with Crippen molar-refractivity contribution in [3.63, 3.8) is 0 Å². The number of benzene rings is 3. The average Bonchev–Trinajstić information content (AvgIpc) is 3.27. The fourth-order valence-electron chi connectivity index (χ4n) is 3.33. The van der Waals surface area contributed by atoms with E-state index in [1.165, 1.54) is 6.07 Å². The molecule has 4 aromatic rings. The Hall–Kier alpha value is -3.93. The third-order valence-electron chi connectivity index (χ3n) is 5.11. The van der Waals surface area contributed by atoms with Crippen molar-refractivity contribution >= 4 is 11.8 Å². The minimum absolute atomic E-state index is 0.109. The number of nitrogens with zero attached hydrogens (tertiary/aromatic N) is 1. The summed E-state index contributed by atoms with van der Waals surface area (Å²) < 4.78 is 20.0. The molecule has 0 bridgehead atoms. The van der Waals surface area contributed by atoms with Gasteiger partial charge in [-0.15, -0.1) is 0 Å². The van der Waals surface area contributed by atoms with Crippen molar-refractivity contribution in [1.29, 1.82) is 5.41 Å². The second-order valence-corrected chi connectivity index (χ2v) is 7.28. The first-order chi connectivity index (χ1) is 15.1. The number of hydrogen-bond acceptors (Lipinski definition) is 3. The number of aromatic nitrogens is 1. The molecular weight excluding hydrogens is 391 g/mol. The Labute approximate surface area is 180 Å². The van der Waals surface area contributed by atoms with Crippen molar-refractivity contribution in [3.8, 4) is 11.1 Å². The average molecular weight is 414 g/mol. The second kappa shape index (κ2) is 9.26. The third kappa shape index (κ3) is 4.98. The summed E-state index contributed by atoms with van der Waals surface area (Å²) >= 11 is 0. The van der Waals surface area contributed by atoms with Gasteiger partial charge in [-0.2, -0.15) is 0 Å². The van der Waals surface area contributed by atoms with E-state index in [4.69, 9.17) is 9.93 Å². The highest BCUT2D eigenvalue weighted by atomic mass is 19.1. The zero-order chi connectivity index (χ0) is 21.6. The summed E-state index contributed by atoms with van der Waals surface area (Å²) in [5.74, 6) is 0.0284. The van der Waals surface area contributed by atoms with Gasteiger partial charge in [0.25, 0.3) is 0 Å². The third-order valence-corrected chi connectivity index (χ3v) is 5.11. The summed E-state index contributed by atoms with van der Waals surface area (Å²) in [4.78, 5) is 0. The molecule has 0 spiro atoms. The summed E-state index contributed by atoms with van der Waals surface area (Å²) in [6, 6.07) is 26.2. The fourth-order valence-corrected chi connectivity index (χ4v) is 3.33. The molecule has 0 radical (unpaired) electrons. The smallest absolute Gasteiger partial charge is 0.231 e. The monoisotopic (exact) mass is 414 g/mol. The number of hydrogen-bond donors (Lipinski definition) is 3. The minimum atomic E-state index is -0.274. The molecule has 1 aromatic heterocycles. The molecule has 6 heteroatoms. The topological polar surface area (TPSA) is 73.9 Å². The Balaban J connectivity index is 1.40. The zero-order valence-corrected chi connectivity index (χ0v) is 17.1. The van der Waals surface area contributed by atoms with Gasteiger partial charge in [0.05, 0.1) is 5.69 Å². The van der Waals surface area contributed by atoms with Gasteiger partial charge in [0, 0.05) is 24.1 Å². The van der Waals surface area contributed by atoms with E-state index in [2.05, 4.69) is 15.8 Å². The SMILES string of the molecule is CC(c1ccc(-c2ccccc2)c(F)c1)c1cc(NC(=N)NCc2ccccc2)on1. The maximum atomic E-state index is 14.7. The van der Waals surface area contributed by atoms with Crippen LogP contribution in [0.4, 0.5) is 10.3 Å². The lowest BCUT2D eigenvalue weighted by Crippen LogP contribution is -2.28. The van der Waals surface area contributed by atoms with E-state index >= 15 is 0 Å². The predicted molar refractivity (Wildman–Crippen MR) is 120 cm³/mol. The number of anilines is 1. The summed E-state index contributed by atoms with van der Waals surface area (Å²) in [6.07, 6.45) is 0. The van der Waals surface area contributed by atoms with E-state index in [0.717, 1.165) is 16.7 Å². The summed E-state index contributed by atoms with van der Waals surface area (Å²) in [5, 5.41) is 18.0. The normalized spacial score (nSPS) is 11.7. The molecule has 0 aliphatic rings. The molecule has 1 unspecified atom stereocenters. The Bertz CT molecular complexity index is 1160. The van der Waals surface area contributed by atoms with Crippen molar-refractivity contribution in [2.75, 3.05) is 5.32 Å². The van der Waals surface area contributed by atoms with E-state index in [-0.39, 0.29) is 17.7 Å². The van der Waals surface area contributed by atoms with E-state index in [1.54, 1.807) is 12.1 Å². The Kier molecular flexibility index (Phi) is 6.08. The molecule has 4 rings (SSSR count). The van der Waals surface area contributed by atoms with Crippen LogP contribution in [0.25, 0.3) is 11.1 Å². The van der Waals surface area contributed by atoms with E-state index in [0.29, 0.717) is 23.7 Å². The molecule has 3 N–H and O–H groups in total. The summed E-state index contributed by atoms with van der Waals surface area (Å²) in [5.41, 5.74) is 3.94. The number of rotatable bonds is 6. The highest BCUT2D eigenvalue weighted by molar-refractivity contribution is 5.89. The van der Waals surface area contributed by atoms with Crippen LogP contribution in [-0.4, -0.2) is 11.1 Å². The molecule has 0 saturated carbocycles. The molecule has 1 heterocycles. The Morgan fingerprint density at radius 1 is 1.00 bits per heavy atom. The van der Waals surface area contributed by atoms with Gasteiger partial charge in [0.2, 0.25) is 5.88 Å². The van der Waals surface area contributed by atoms with Crippen LogP contribution >= 0.6 is 0 Å². The molecule has 0 aliphatic heterocycles. The molecular formula is C25H23FN4O. The van der Waals surface area contributed by atoms with Gasteiger partial charge in [0.15, 0.2) is 5.96 Å². The molecule has 5 nitrogen and oxygen atoms in total. The highest BCUT2D eigenvalue weighted by Gasteiger charge is 2.17. The standard InChI is InChI=1S/C25H23FN4O/c1-17(20-12-13-21(22(26)14-20)19-10-6-3-7-11-19)23-15-24(31-30-23)29-25(27)28-16-18-8-4-2-5-9-18/h2-15,17H,16H2,1H3,(H3,27,28,29). The van der Waals surface area contributed by atoms with Crippen LogP contribution in [0.15, 0.2) is 89.5 Å². The van der Waals surface area contributed by atoms with Gasteiger partial charge in [-0.25, -0.2) is 4.39 Å². The quantitative estimate of drug-likeness (QED) is 0.277. The first-order valence-corrected chi connectivity index (χ1v) is 10.0. The molecule has 0 amide bonds. The minimum Gasteiger partial charge on any atom is -0.352 e. The van der Waals surface area contributed by atoms with Crippen molar-refractivity contribution in [3.05, 3.63) is 108 Å². The van der Waals surface area contributed by atoms with Gasteiger partial charge in [-0.3, -0.25) is 10.7 Å². The molecule has 1 atom stereocenters. The van der Waals surface area contributed by atoms with Gasteiger partial charge in [-0.05, 0) is 22.8 Å². The second-order valence-electron chi connectivity index (χ2n) is 7.28. The molecule has 31 heavy (non-hydrogen) atoms. The number of halogens is 1. The molecule has 0 saturated heterocycles. The maximum absolute atomic E-state index is 14.7. The molecule has 3 aromatic carbocycles. The first-order valence-electron chi connectivity index (χ1n) is 10.0. The first kappa shape index (κ1) is 20.3. The van der Waals surface area contributed by atoms with Gasteiger partial charge < -0.3 is 9.84 Å². The van der Waals surface area contributed by atoms with Crippen LogP contribution in [0, 0.1) is 11.2 Å². The Morgan fingerprint density at radius 3 is 2.42 bits per heavy atom. The highest BCUT2D eigenvalue weighted by Crippen LogP contribution is 2.30. The maximum Gasteiger partial charge on any atom is 0.231 e.